The van der Waals surface area contributed by atoms with Crippen molar-refractivity contribution in [1.82, 2.24) is 0 Å². The van der Waals surface area contributed by atoms with E-state index in [1.54, 1.807) is 0 Å². The number of halogens is 3. The van der Waals surface area contributed by atoms with Crippen molar-refractivity contribution in [3.05, 3.63) is 18.2 Å². The predicted octanol–water partition coefficient (Wildman–Crippen LogP) is 1.92. The Bertz CT molecular complexity index is 464. The van der Waals surface area contributed by atoms with Crippen molar-refractivity contribution in [2.75, 3.05) is 25.6 Å². The highest BCUT2D eigenvalue weighted by Gasteiger charge is 2.29. The molecule has 8 heteroatoms. The number of alkyl halides is 3. The summed E-state index contributed by atoms with van der Waals surface area (Å²) in [7, 11) is 1.31. The molecule has 0 atom stereocenters. The highest BCUT2D eigenvalue weighted by molar-refractivity contribution is 5.91. The van der Waals surface area contributed by atoms with Gasteiger partial charge in [-0.3, -0.25) is 4.79 Å². The monoisotopic (exact) mass is 292 g/mol. The zero-order valence-corrected chi connectivity index (χ0v) is 10.8. The summed E-state index contributed by atoms with van der Waals surface area (Å²) in [6.07, 6.45) is -4.34. The van der Waals surface area contributed by atoms with Crippen LogP contribution >= 0.6 is 0 Å². The summed E-state index contributed by atoms with van der Waals surface area (Å²) in [4.78, 5) is 11.4. The van der Waals surface area contributed by atoms with Crippen molar-refractivity contribution >= 4 is 11.6 Å². The molecule has 0 bridgehead atoms. The van der Waals surface area contributed by atoms with Gasteiger partial charge in [0.15, 0.2) is 18.1 Å². The van der Waals surface area contributed by atoms with Crippen LogP contribution in [0.1, 0.15) is 6.42 Å². The summed E-state index contributed by atoms with van der Waals surface area (Å²) in [5.41, 5.74) is 5.53. The molecule has 0 spiro atoms. The first-order valence-corrected chi connectivity index (χ1v) is 5.73. The number of nitrogens with one attached hydrogen (secondary N) is 1. The lowest BCUT2D eigenvalue weighted by molar-refractivity contribution is -0.153. The first kappa shape index (κ1) is 16.1. The Hall–Kier alpha value is -1.96. The summed E-state index contributed by atoms with van der Waals surface area (Å²) in [6, 6.07) is 4.16. The molecular weight excluding hydrogens is 277 g/mol. The molecule has 5 nitrogen and oxygen atoms in total. The van der Waals surface area contributed by atoms with Crippen LogP contribution in [0.25, 0.3) is 0 Å². The number of methoxy groups -OCH3 is 1. The van der Waals surface area contributed by atoms with Crippen LogP contribution in [0.4, 0.5) is 18.9 Å². The number of amides is 1. The lowest BCUT2D eigenvalue weighted by Crippen LogP contribution is -2.20. The second-order valence-corrected chi connectivity index (χ2v) is 3.86. The average Bonchev–Trinajstić information content (AvgIpc) is 2.36. The first-order chi connectivity index (χ1) is 9.35. The third-order valence-corrected chi connectivity index (χ3v) is 2.21. The Morgan fingerprint density at radius 1 is 1.35 bits per heavy atom. The van der Waals surface area contributed by atoms with E-state index >= 15 is 0 Å². The molecule has 112 valence electrons. The Morgan fingerprint density at radius 3 is 2.60 bits per heavy atom. The zero-order valence-electron chi connectivity index (χ0n) is 10.8. The molecule has 1 aromatic rings. The van der Waals surface area contributed by atoms with Crippen LogP contribution in [0.5, 0.6) is 11.5 Å². The van der Waals surface area contributed by atoms with E-state index in [4.69, 9.17) is 10.5 Å². The molecule has 0 aliphatic heterocycles. The molecular formula is C12H15F3N2O3. The molecule has 3 N–H and O–H groups in total. The Labute approximate surface area is 113 Å². The number of carbonyl (C=O) groups excluding carboxylic acids is 1. The number of hydrogen-bond donors (Lipinski definition) is 2. The lowest BCUT2D eigenvalue weighted by Gasteiger charge is -2.14. The fourth-order valence-electron chi connectivity index (χ4n) is 1.38. The van der Waals surface area contributed by atoms with E-state index in [1.165, 1.54) is 25.3 Å². The van der Waals surface area contributed by atoms with Crippen LogP contribution in [-0.2, 0) is 4.79 Å². The Kier molecular flexibility index (Phi) is 5.63. The van der Waals surface area contributed by atoms with Gasteiger partial charge in [-0.25, -0.2) is 0 Å². The van der Waals surface area contributed by atoms with Gasteiger partial charge in [0, 0.05) is 24.7 Å². The van der Waals surface area contributed by atoms with Gasteiger partial charge in [-0.05, 0) is 12.1 Å². The van der Waals surface area contributed by atoms with Gasteiger partial charge in [0.1, 0.15) is 0 Å². The second kappa shape index (κ2) is 6.99. The molecule has 0 aliphatic carbocycles. The topological polar surface area (TPSA) is 73.6 Å². The van der Waals surface area contributed by atoms with Crippen LogP contribution in [-0.4, -0.2) is 32.3 Å². The molecule has 0 aliphatic rings. The van der Waals surface area contributed by atoms with Gasteiger partial charge in [0.05, 0.1) is 7.11 Å². The van der Waals surface area contributed by atoms with Crippen LogP contribution < -0.4 is 20.5 Å². The maximum absolute atomic E-state index is 12.1. The Morgan fingerprint density at radius 2 is 2.05 bits per heavy atom. The second-order valence-electron chi connectivity index (χ2n) is 3.86. The molecule has 0 unspecified atom stereocenters. The van der Waals surface area contributed by atoms with Crippen molar-refractivity contribution < 1.29 is 27.4 Å². The highest BCUT2D eigenvalue weighted by atomic mass is 19.4. The van der Waals surface area contributed by atoms with Gasteiger partial charge in [-0.1, -0.05) is 0 Å². The van der Waals surface area contributed by atoms with Crippen LogP contribution in [0.3, 0.4) is 0 Å². The van der Waals surface area contributed by atoms with Gasteiger partial charge in [-0.2, -0.15) is 13.2 Å². The van der Waals surface area contributed by atoms with E-state index in [0.29, 0.717) is 5.69 Å². The minimum Gasteiger partial charge on any atom is -0.493 e. The Balaban J connectivity index is 2.82. The minimum atomic E-state index is -4.45. The maximum Gasteiger partial charge on any atom is 0.422 e. The van der Waals surface area contributed by atoms with E-state index in [9.17, 15) is 18.0 Å². The number of anilines is 1. The van der Waals surface area contributed by atoms with E-state index < -0.39 is 12.8 Å². The van der Waals surface area contributed by atoms with E-state index in [1.807, 2.05) is 0 Å². The van der Waals surface area contributed by atoms with E-state index in [2.05, 4.69) is 10.1 Å². The van der Waals surface area contributed by atoms with Crippen molar-refractivity contribution in [1.29, 1.82) is 0 Å². The summed E-state index contributed by atoms with van der Waals surface area (Å²) >= 11 is 0. The van der Waals surface area contributed by atoms with Crippen molar-refractivity contribution in [3.8, 4) is 11.5 Å². The third-order valence-electron chi connectivity index (χ3n) is 2.21. The molecule has 0 saturated carbocycles. The van der Waals surface area contributed by atoms with E-state index in [0.717, 1.165) is 0 Å². The standard InChI is InChI=1S/C12H15F3N2O3/c1-19-9-3-2-8(17-11(18)4-5-16)6-10(9)20-7-12(13,14)15/h2-3,6H,4-5,7,16H2,1H3,(H,17,18). The van der Waals surface area contributed by atoms with Crippen LogP contribution in [0.2, 0.25) is 0 Å². The van der Waals surface area contributed by atoms with Gasteiger partial charge in [-0.15, -0.1) is 0 Å². The SMILES string of the molecule is COc1ccc(NC(=O)CCN)cc1OCC(F)(F)F. The van der Waals surface area contributed by atoms with Crippen molar-refractivity contribution in [3.63, 3.8) is 0 Å². The fourth-order valence-corrected chi connectivity index (χ4v) is 1.38. The molecule has 1 aromatic carbocycles. The lowest BCUT2D eigenvalue weighted by atomic mass is 10.2. The highest BCUT2D eigenvalue weighted by Crippen LogP contribution is 2.31. The summed E-state index contributed by atoms with van der Waals surface area (Å²) in [5, 5.41) is 2.50. The minimum absolute atomic E-state index is 0.102. The molecule has 0 saturated heterocycles. The smallest absolute Gasteiger partial charge is 0.422 e. The number of benzene rings is 1. The third kappa shape index (κ3) is 5.35. The maximum atomic E-state index is 12.1. The summed E-state index contributed by atoms with van der Waals surface area (Å²) in [6.45, 7) is -1.26. The molecule has 0 radical (unpaired) electrons. The predicted molar refractivity (Wildman–Crippen MR) is 66.8 cm³/mol. The van der Waals surface area contributed by atoms with Crippen LogP contribution in [0.15, 0.2) is 18.2 Å². The average molecular weight is 292 g/mol. The quantitative estimate of drug-likeness (QED) is 0.840. The molecule has 0 heterocycles. The number of hydrogen-bond acceptors (Lipinski definition) is 4. The summed E-state index contributed by atoms with van der Waals surface area (Å²) < 4.78 is 46.0. The number of nitrogens with two attached hydrogens (primary N) is 1. The van der Waals surface area contributed by atoms with Crippen molar-refractivity contribution in [2.24, 2.45) is 5.73 Å². The zero-order chi connectivity index (χ0) is 15.2. The number of ether oxygens (including phenoxy) is 2. The molecule has 20 heavy (non-hydrogen) atoms. The van der Waals surface area contributed by atoms with Gasteiger partial charge < -0.3 is 20.5 Å². The molecule has 0 fully saturated rings. The number of carbonyl (C=O) groups is 1. The normalized spacial score (nSPS) is 11.1. The molecule has 0 aromatic heterocycles. The molecule has 1 amide bonds. The van der Waals surface area contributed by atoms with Gasteiger partial charge in [0.25, 0.3) is 0 Å². The fraction of sp³-hybridized carbons (Fsp3) is 0.417. The molecule has 1 rings (SSSR count). The first-order valence-electron chi connectivity index (χ1n) is 5.73. The van der Waals surface area contributed by atoms with E-state index in [-0.39, 0.29) is 30.4 Å². The van der Waals surface area contributed by atoms with Crippen LogP contribution in [0, 0.1) is 0 Å². The van der Waals surface area contributed by atoms with Crippen molar-refractivity contribution in [2.45, 2.75) is 12.6 Å². The largest absolute Gasteiger partial charge is 0.493 e. The number of rotatable bonds is 6. The van der Waals surface area contributed by atoms with Gasteiger partial charge in [0.2, 0.25) is 5.91 Å². The summed E-state index contributed by atoms with van der Waals surface area (Å²) in [5.74, 6) is -0.291. The van der Waals surface area contributed by atoms with Gasteiger partial charge >= 0.3 is 6.18 Å².